The van der Waals surface area contributed by atoms with Gasteiger partial charge in [0.05, 0.1) is 12.9 Å². The molecule has 0 aromatic rings. The molecule has 4 nitrogen and oxygen atoms in total. The van der Waals surface area contributed by atoms with Gasteiger partial charge in [-0.15, -0.1) is 0 Å². The number of nitrogens with one attached hydrogen (secondary N) is 1. The Labute approximate surface area is 88.1 Å². The second-order valence-corrected chi connectivity index (χ2v) is 5.12. The van der Waals surface area contributed by atoms with Crippen LogP contribution in [-0.4, -0.2) is 38.9 Å². The molecule has 0 spiro atoms. The summed E-state index contributed by atoms with van der Waals surface area (Å²) in [6.07, 6.45) is 5.52. The molecule has 2 unspecified atom stereocenters. The van der Waals surface area contributed by atoms with Crippen molar-refractivity contribution in [3.63, 3.8) is 0 Å². The molecule has 2 atom stereocenters. The Balaban J connectivity index is 2.81. The maximum Gasteiger partial charge on any atom is 0.213 e. The van der Waals surface area contributed by atoms with Crippen LogP contribution >= 0.6 is 0 Å². The first-order valence-corrected chi connectivity index (χ1v) is 6.11. The number of nitrogens with zero attached hydrogens (tertiary/aromatic N) is 1. The Bertz CT molecular complexity index is 233. The van der Waals surface area contributed by atoms with Gasteiger partial charge in [-0.25, -0.2) is 0 Å². The van der Waals surface area contributed by atoms with Crippen molar-refractivity contribution < 1.29 is 9.66 Å². The molecule has 0 bridgehead atoms. The average Bonchev–Trinajstić information content (AvgIpc) is 2.46. The van der Waals surface area contributed by atoms with Gasteiger partial charge < -0.3 is 15.1 Å². The molecule has 2 N–H and O–H groups in total. The summed E-state index contributed by atoms with van der Waals surface area (Å²) in [6.45, 7) is 4.32. The van der Waals surface area contributed by atoms with Crippen molar-refractivity contribution >= 4 is 11.2 Å². The predicted molar refractivity (Wildman–Crippen MR) is 57.5 cm³/mol. The Morgan fingerprint density at radius 2 is 2.43 bits per heavy atom. The Hall–Kier alpha value is -0.230. The summed E-state index contributed by atoms with van der Waals surface area (Å²) in [5.74, 6) is 0. The number of allylic oxidation sites excluding steroid dienone is 1. The standard InChI is InChI=1S/C9H17N2O2S/c1-4-8-7-9(2,14(3)13)11(10-8)5-6-12/h4,7,10,12H,5-6H2,1-3H3. The fourth-order valence-corrected chi connectivity index (χ4v) is 2.17. The second kappa shape index (κ2) is 4.53. The van der Waals surface area contributed by atoms with E-state index in [1.54, 1.807) is 11.3 Å². The number of rotatable bonds is 4. The van der Waals surface area contributed by atoms with Gasteiger partial charge in [-0.05, 0) is 11.2 Å². The van der Waals surface area contributed by atoms with Crippen LogP contribution in [0.15, 0.2) is 11.8 Å². The van der Waals surface area contributed by atoms with Crippen LogP contribution in [0.2, 0.25) is 0 Å². The maximum atomic E-state index is 11.6. The van der Waals surface area contributed by atoms with Gasteiger partial charge in [0.15, 0.2) is 0 Å². The van der Waals surface area contributed by atoms with Gasteiger partial charge in [0.25, 0.3) is 0 Å². The van der Waals surface area contributed by atoms with Crippen molar-refractivity contribution in [2.24, 2.45) is 0 Å². The third kappa shape index (κ3) is 2.06. The molecular weight excluding hydrogens is 200 g/mol. The summed E-state index contributed by atoms with van der Waals surface area (Å²) in [5.41, 5.74) is 4.04. The lowest BCUT2D eigenvalue weighted by Crippen LogP contribution is -2.52. The number of hydrogen-bond acceptors (Lipinski definition) is 4. The fourth-order valence-electron chi connectivity index (χ4n) is 1.43. The summed E-state index contributed by atoms with van der Waals surface area (Å²) >= 11 is -1.00. The summed E-state index contributed by atoms with van der Waals surface area (Å²) in [5, 5.41) is 10.7. The van der Waals surface area contributed by atoms with Gasteiger partial charge in [0, 0.05) is 31.7 Å². The highest BCUT2D eigenvalue weighted by Crippen LogP contribution is 2.28. The van der Waals surface area contributed by atoms with Crippen LogP contribution in [0, 0.1) is 6.42 Å². The number of aliphatic hydroxyl groups is 1. The topological polar surface area (TPSA) is 58.6 Å². The molecule has 1 radical (unpaired) electrons. The number of hydrazine groups is 1. The maximum absolute atomic E-state index is 11.6. The highest BCUT2D eigenvalue weighted by atomic mass is 32.2. The fraction of sp³-hybridized carbons (Fsp3) is 0.667. The second-order valence-electron chi connectivity index (χ2n) is 3.38. The lowest BCUT2D eigenvalue weighted by Gasteiger charge is -2.33. The van der Waals surface area contributed by atoms with Crippen LogP contribution in [0.1, 0.15) is 13.8 Å². The van der Waals surface area contributed by atoms with E-state index in [1.807, 2.05) is 26.3 Å². The predicted octanol–water partition coefficient (Wildman–Crippen LogP) is 0.00169. The zero-order chi connectivity index (χ0) is 10.8. The number of hydrogen-bond donors (Lipinski definition) is 2. The smallest absolute Gasteiger partial charge is 0.213 e. The van der Waals surface area contributed by atoms with E-state index < -0.39 is 16.0 Å². The Morgan fingerprint density at radius 1 is 1.79 bits per heavy atom. The summed E-state index contributed by atoms with van der Waals surface area (Å²) in [4.78, 5) is -0.523. The van der Waals surface area contributed by atoms with Crippen molar-refractivity contribution in [3.05, 3.63) is 18.2 Å². The molecular formula is C9H17N2O2S. The van der Waals surface area contributed by atoms with Gasteiger partial charge in [0.1, 0.15) is 0 Å². The van der Waals surface area contributed by atoms with E-state index in [4.69, 9.17) is 5.11 Å². The van der Waals surface area contributed by atoms with Gasteiger partial charge in [-0.3, -0.25) is 0 Å². The zero-order valence-corrected chi connectivity index (χ0v) is 9.60. The molecule has 1 aliphatic heterocycles. The molecule has 1 aliphatic rings. The number of aliphatic hydroxyl groups excluding tert-OH is 1. The summed E-state index contributed by atoms with van der Waals surface area (Å²) < 4.78 is 11.6. The Morgan fingerprint density at radius 3 is 2.86 bits per heavy atom. The van der Waals surface area contributed by atoms with Crippen molar-refractivity contribution in [3.8, 4) is 0 Å². The van der Waals surface area contributed by atoms with E-state index in [0.29, 0.717) is 6.54 Å². The lowest BCUT2D eigenvalue weighted by molar-refractivity contribution is 0.134. The quantitative estimate of drug-likeness (QED) is 0.651. The SMILES string of the molecule is C[CH]C1=CC(C)([S+](C)[O-])N(CCO)N1. The van der Waals surface area contributed by atoms with E-state index in [1.165, 1.54) is 0 Å². The largest absolute Gasteiger partial charge is 0.615 e. The normalized spacial score (nSPS) is 29.9. The minimum atomic E-state index is -1.00. The van der Waals surface area contributed by atoms with Crippen molar-refractivity contribution in [2.45, 2.75) is 18.7 Å². The van der Waals surface area contributed by atoms with Crippen LogP contribution in [0.5, 0.6) is 0 Å². The van der Waals surface area contributed by atoms with Crippen LogP contribution in [-0.2, 0) is 11.2 Å². The average molecular weight is 217 g/mol. The van der Waals surface area contributed by atoms with Crippen molar-refractivity contribution in [2.75, 3.05) is 19.4 Å². The van der Waals surface area contributed by atoms with E-state index in [2.05, 4.69) is 5.43 Å². The van der Waals surface area contributed by atoms with Gasteiger partial charge >= 0.3 is 0 Å². The van der Waals surface area contributed by atoms with E-state index in [-0.39, 0.29) is 6.61 Å². The molecule has 1 heterocycles. The van der Waals surface area contributed by atoms with Gasteiger partial charge in [0.2, 0.25) is 4.87 Å². The molecule has 0 fully saturated rings. The van der Waals surface area contributed by atoms with E-state index in [9.17, 15) is 4.55 Å². The molecule has 0 aromatic heterocycles. The summed E-state index contributed by atoms with van der Waals surface area (Å²) in [7, 11) is 0. The monoisotopic (exact) mass is 217 g/mol. The lowest BCUT2D eigenvalue weighted by atomic mass is 10.2. The van der Waals surface area contributed by atoms with Crippen LogP contribution in [0.25, 0.3) is 0 Å². The first-order valence-electron chi connectivity index (χ1n) is 4.55. The van der Waals surface area contributed by atoms with Crippen LogP contribution < -0.4 is 5.43 Å². The van der Waals surface area contributed by atoms with E-state index >= 15 is 0 Å². The van der Waals surface area contributed by atoms with Crippen molar-refractivity contribution in [1.82, 2.24) is 10.4 Å². The molecule has 1 rings (SSSR count). The van der Waals surface area contributed by atoms with Gasteiger partial charge in [-0.2, -0.15) is 5.01 Å². The Kier molecular flexibility index (Phi) is 3.83. The van der Waals surface area contributed by atoms with Crippen LogP contribution in [0.4, 0.5) is 0 Å². The first kappa shape index (κ1) is 11.8. The highest BCUT2D eigenvalue weighted by molar-refractivity contribution is 7.92. The molecule has 0 saturated carbocycles. The van der Waals surface area contributed by atoms with E-state index in [0.717, 1.165) is 5.70 Å². The minimum absolute atomic E-state index is 0.0463. The molecule has 0 amide bonds. The third-order valence-electron chi connectivity index (χ3n) is 2.44. The molecule has 0 saturated heterocycles. The molecule has 5 heteroatoms. The molecule has 81 valence electrons. The molecule has 0 aliphatic carbocycles. The van der Waals surface area contributed by atoms with Crippen LogP contribution in [0.3, 0.4) is 0 Å². The highest BCUT2D eigenvalue weighted by Gasteiger charge is 2.43. The third-order valence-corrected chi connectivity index (χ3v) is 3.94. The minimum Gasteiger partial charge on any atom is -0.615 e. The number of β-amino-alcohol motifs (C(OH)–C–C–N with tert-alkyl or cyclic N) is 1. The van der Waals surface area contributed by atoms with Crippen molar-refractivity contribution in [1.29, 1.82) is 0 Å². The molecule has 14 heavy (non-hydrogen) atoms. The van der Waals surface area contributed by atoms with Gasteiger partial charge in [-0.1, -0.05) is 6.92 Å². The molecule has 0 aromatic carbocycles. The summed E-state index contributed by atoms with van der Waals surface area (Å²) in [6, 6.07) is 0. The first-order chi connectivity index (χ1) is 6.54. The zero-order valence-electron chi connectivity index (χ0n) is 8.78.